The summed E-state index contributed by atoms with van der Waals surface area (Å²) in [5.41, 5.74) is 0.595. The first-order valence-corrected chi connectivity index (χ1v) is 7.04. The van der Waals surface area contributed by atoms with Crippen molar-refractivity contribution in [1.82, 2.24) is 0 Å². The van der Waals surface area contributed by atoms with E-state index in [0.717, 1.165) is 18.4 Å². The zero-order valence-electron chi connectivity index (χ0n) is 12.1. The first-order valence-electron chi connectivity index (χ1n) is 7.04. The summed E-state index contributed by atoms with van der Waals surface area (Å²) in [6, 6.07) is 5.08. The molecule has 0 spiro atoms. The molecule has 1 aliphatic rings. The van der Waals surface area contributed by atoms with Crippen LogP contribution in [-0.4, -0.2) is 22.2 Å². The van der Waals surface area contributed by atoms with Crippen molar-refractivity contribution < 1.29 is 14.8 Å². The van der Waals surface area contributed by atoms with E-state index in [1.807, 2.05) is 26.8 Å². The van der Waals surface area contributed by atoms with Crippen molar-refractivity contribution in [3.05, 3.63) is 33.9 Å². The molecule has 1 saturated carbocycles. The number of ether oxygens (including phenoxy) is 1. The molecule has 110 valence electrons. The lowest BCUT2D eigenvalue weighted by Gasteiger charge is -2.50. The minimum atomic E-state index is -0.410. The highest BCUT2D eigenvalue weighted by atomic mass is 16.6. The topological polar surface area (TPSA) is 72.6 Å². The third-order valence-electron chi connectivity index (χ3n) is 4.59. The van der Waals surface area contributed by atoms with E-state index in [1.54, 1.807) is 12.1 Å². The Balaban J connectivity index is 2.24. The van der Waals surface area contributed by atoms with Crippen LogP contribution in [0.2, 0.25) is 0 Å². The molecule has 0 heterocycles. The van der Waals surface area contributed by atoms with Gasteiger partial charge in [0.2, 0.25) is 0 Å². The minimum absolute atomic E-state index is 0.00388. The summed E-state index contributed by atoms with van der Waals surface area (Å²) < 4.78 is 5.82. The van der Waals surface area contributed by atoms with Crippen molar-refractivity contribution in [2.24, 2.45) is 5.41 Å². The Morgan fingerprint density at radius 3 is 2.70 bits per heavy atom. The lowest BCUT2D eigenvalue weighted by atomic mass is 9.63. The number of aliphatic hydroxyl groups is 1. The predicted molar refractivity (Wildman–Crippen MR) is 75.9 cm³/mol. The Hall–Kier alpha value is -1.62. The second kappa shape index (κ2) is 5.40. The molecule has 1 aliphatic carbocycles. The molecule has 1 N–H and O–H groups in total. The molecule has 2 rings (SSSR count). The summed E-state index contributed by atoms with van der Waals surface area (Å²) >= 11 is 0. The first kappa shape index (κ1) is 14.8. The number of hydrogen-bond donors (Lipinski definition) is 1. The fourth-order valence-electron chi connectivity index (χ4n) is 2.62. The van der Waals surface area contributed by atoms with Gasteiger partial charge < -0.3 is 9.84 Å². The second-order valence-electron chi connectivity index (χ2n) is 5.63. The van der Waals surface area contributed by atoms with Crippen molar-refractivity contribution in [3.63, 3.8) is 0 Å². The van der Waals surface area contributed by atoms with E-state index < -0.39 is 11.0 Å². The molecular weight excluding hydrogens is 258 g/mol. The zero-order chi connectivity index (χ0) is 14.9. The van der Waals surface area contributed by atoms with Crippen LogP contribution in [0, 0.1) is 15.5 Å². The molecule has 3 atom stereocenters. The largest absolute Gasteiger partial charge is 0.483 e. The highest BCUT2D eigenvalue weighted by molar-refractivity contribution is 5.49. The molecule has 0 amide bonds. The van der Waals surface area contributed by atoms with Crippen molar-refractivity contribution in [2.45, 2.75) is 52.2 Å². The normalized spacial score (nSPS) is 28.8. The number of nitro groups is 1. The minimum Gasteiger partial charge on any atom is -0.483 e. The molecule has 1 aromatic rings. The summed E-state index contributed by atoms with van der Waals surface area (Å²) in [7, 11) is 0. The van der Waals surface area contributed by atoms with Crippen molar-refractivity contribution in [1.29, 1.82) is 0 Å². The molecule has 0 saturated heterocycles. The van der Waals surface area contributed by atoms with Crippen LogP contribution in [0.15, 0.2) is 18.2 Å². The van der Waals surface area contributed by atoms with E-state index in [-0.39, 0.29) is 17.2 Å². The Labute approximate surface area is 118 Å². The van der Waals surface area contributed by atoms with Crippen LogP contribution in [0.4, 0.5) is 5.69 Å². The second-order valence-corrected chi connectivity index (χ2v) is 5.63. The van der Waals surface area contributed by atoms with Crippen molar-refractivity contribution >= 4 is 5.69 Å². The monoisotopic (exact) mass is 279 g/mol. The molecule has 1 fully saturated rings. The molecule has 5 nitrogen and oxygen atoms in total. The van der Waals surface area contributed by atoms with E-state index in [1.165, 1.54) is 0 Å². The summed E-state index contributed by atoms with van der Waals surface area (Å²) in [6.07, 6.45) is 1.48. The third-order valence-corrected chi connectivity index (χ3v) is 4.59. The average molecular weight is 279 g/mol. The molecule has 0 aromatic heterocycles. The number of aryl methyl sites for hydroxylation is 1. The van der Waals surface area contributed by atoms with Crippen molar-refractivity contribution in [3.8, 4) is 5.75 Å². The maximum absolute atomic E-state index is 11.1. The van der Waals surface area contributed by atoms with E-state index in [2.05, 4.69) is 0 Å². The number of aliphatic hydroxyl groups excluding tert-OH is 1. The number of nitro benzene ring substituents is 1. The Morgan fingerprint density at radius 1 is 1.50 bits per heavy atom. The lowest BCUT2D eigenvalue weighted by Crippen LogP contribution is -2.57. The fourth-order valence-corrected chi connectivity index (χ4v) is 2.62. The van der Waals surface area contributed by atoms with Gasteiger partial charge in [0, 0.05) is 17.9 Å². The molecule has 20 heavy (non-hydrogen) atoms. The lowest BCUT2D eigenvalue weighted by molar-refractivity contribution is -0.386. The van der Waals surface area contributed by atoms with Gasteiger partial charge in [-0.3, -0.25) is 10.1 Å². The van der Waals surface area contributed by atoms with Gasteiger partial charge >= 0.3 is 5.69 Å². The van der Waals surface area contributed by atoms with E-state index >= 15 is 0 Å². The number of hydrogen-bond acceptors (Lipinski definition) is 4. The molecule has 0 bridgehead atoms. The van der Waals surface area contributed by atoms with Gasteiger partial charge in [0.1, 0.15) is 6.10 Å². The van der Waals surface area contributed by atoms with Gasteiger partial charge in [-0.25, -0.2) is 0 Å². The SMILES string of the molecule is CCc1ccc(OC2CC(O)C2(C)CC)c([N+](=O)[O-])c1. The van der Waals surface area contributed by atoms with E-state index in [0.29, 0.717) is 12.2 Å². The Morgan fingerprint density at radius 2 is 2.20 bits per heavy atom. The van der Waals surface area contributed by atoms with Crippen LogP contribution in [-0.2, 0) is 6.42 Å². The molecule has 5 heteroatoms. The van der Waals surface area contributed by atoms with Gasteiger partial charge in [-0.1, -0.05) is 26.8 Å². The van der Waals surface area contributed by atoms with Crippen LogP contribution in [0.3, 0.4) is 0 Å². The maximum Gasteiger partial charge on any atom is 0.311 e. The molecular formula is C15H21NO4. The third kappa shape index (κ3) is 2.38. The highest BCUT2D eigenvalue weighted by Gasteiger charge is 2.51. The number of rotatable bonds is 5. The van der Waals surface area contributed by atoms with Crippen LogP contribution in [0.1, 0.15) is 39.2 Å². The van der Waals surface area contributed by atoms with Crippen LogP contribution in [0.25, 0.3) is 0 Å². The number of benzene rings is 1. The van der Waals surface area contributed by atoms with Gasteiger partial charge in [0.15, 0.2) is 5.75 Å². The molecule has 3 unspecified atom stereocenters. The molecule has 0 aliphatic heterocycles. The predicted octanol–water partition coefficient (Wildman–Crippen LogP) is 3.09. The number of nitrogens with zero attached hydrogens (tertiary/aromatic N) is 1. The smallest absolute Gasteiger partial charge is 0.311 e. The summed E-state index contributed by atoms with van der Waals surface area (Å²) in [4.78, 5) is 10.7. The Kier molecular flexibility index (Phi) is 3.99. The Bertz CT molecular complexity index is 517. The van der Waals surface area contributed by atoms with Gasteiger partial charge in [-0.2, -0.15) is 0 Å². The van der Waals surface area contributed by atoms with Crippen LogP contribution >= 0.6 is 0 Å². The summed E-state index contributed by atoms with van der Waals surface area (Å²) in [5.74, 6) is 0.295. The van der Waals surface area contributed by atoms with Gasteiger partial charge in [-0.15, -0.1) is 0 Å². The van der Waals surface area contributed by atoms with Crippen molar-refractivity contribution in [2.75, 3.05) is 0 Å². The van der Waals surface area contributed by atoms with Gasteiger partial charge in [0.25, 0.3) is 0 Å². The molecule has 1 aromatic carbocycles. The summed E-state index contributed by atoms with van der Waals surface area (Å²) in [5, 5.41) is 21.0. The quantitative estimate of drug-likeness (QED) is 0.664. The van der Waals surface area contributed by atoms with Gasteiger partial charge in [0.05, 0.1) is 11.0 Å². The maximum atomic E-state index is 11.1. The van der Waals surface area contributed by atoms with E-state index in [9.17, 15) is 15.2 Å². The zero-order valence-corrected chi connectivity index (χ0v) is 12.1. The van der Waals surface area contributed by atoms with Gasteiger partial charge in [-0.05, 0) is 24.5 Å². The van der Waals surface area contributed by atoms with E-state index in [4.69, 9.17) is 4.74 Å². The molecule has 0 radical (unpaired) electrons. The summed E-state index contributed by atoms with van der Waals surface area (Å²) in [6.45, 7) is 5.90. The standard InChI is InChI=1S/C15H21NO4/c1-4-10-6-7-12(11(8-10)16(18)19)20-14-9-13(17)15(14,3)5-2/h6-8,13-14,17H,4-5,9H2,1-3H3. The average Bonchev–Trinajstić information content (AvgIpc) is 2.45. The highest BCUT2D eigenvalue weighted by Crippen LogP contribution is 2.47. The fraction of sp³-hybridized carbons (Fsp3) is 0.600. The first-order chi connectivity index (χ1) is 9.42. The van der Waals surface area contributed by atoms with Crippen LogP contribution in [0.5, 0.6) is 5.75 Å². The van der Waals surface area contributed by atoms with Crippen LogP contribution < -0.4 is 4.74 Å².